The molecule has 30 heavy (non-hydrogen) atoms. The molecule has 1 amide bonds. The molecule has 4 aromatic rings. The van der Waals surface area contributed by atoms with Crippen molar-refractivity contribution >= 4 is 29.1 Å². The minimum atomic E-state index is -0.171. The van der Waals surface area contributed by atoms with E-state index < -0.39 is 0 Å². The summed E-state index contributed by atoms with van der Waals surface area (Å²) in [5, 5.41) is 7.27. The van der Waals surface area contributed by atoms with Gasteiger partial charge in [0, 0.05) is 26.9 Å². The molecule has 2 heterocycles. The Labute approximate surface area is 178 Å². The Morgan fingerprint density at radius 1 is 1.03 bits per heavy atom. The van der Waals surface area contributed by atoms with E-state index in [9.17, 15) is 4.79 Å². The van der Waals surface area contributed by atoms with Crippen molar-refractivity contribution in [2.45, 2.75) is 30.1 Å². The van der Waals surface area contributed by atoms with Crippen molar-refractivity contribution in [2.24, 2.45) is 0 Å². The second-order valence-corrected chi connectivity index (χ2v) is 7.95. The van der Waals surface area contributed by atoms with Gasteiger partial charge in [0.05, 0.1) is 13.5 Å². The first-order chi connectivity index (χ1) is 14.5. The number of fused-ring (bicyclic) bond motifs is 1. The first-order valence-corrected chi connectivity index (χ1v) is 10.2. The second-order valence-electron chi connectivity index (χ2n) is 6.81. The number of hydrogen-bond acceptors (Lipinski definition) is 6. The number of carbonyl (C=O) groups excluding carboxylic acids is 1. The van der Waals surface area contributed by atoms with E-state index in [0.29, 0.717) is 11.6 Å². The van der Waals surface area contributed by atoms with Gasteiger partial charge in [-0.2, -0.15) is 4.98 Å². The molecule has 2 aromatic carbocycles. The maximum Gasteiger partial charge on any atom is 0.252 e. The number of methoxy groups -OCH3 is 1. The van der Waals surface area contributed by atoms with E-state index in [1.54, 1.807) is 23.4 Å². The molecule has 0 spiro atoms. The van der Waals surface area contributed by atoms with Crippen molar-refractivity contribution in [1.29, 1.82) is 0 Å². The maximum absolute atomic E-state index is 12.4. The molecule has 2 aromatic heterocycles. The van der Waals surface area contributed by atoms with E-state index in [1.807, 2.05) is 68.4 Å². The maximum atomic E-state index is 12.4. The first kappa shape index (κ1) is 19.9. The standard InChI is InChI=1S/C22H21N5O2S/c1-14-12-15(2)27-22(23-14)25-20(26-27)13-21(28)24-16-4-8-18(9-5-16)30-19-10-6-17(29-3)7-11-19/h4-12H,13H2,1-3H3,(H,24,28). The summed E-state index contributed by atoms with van der Waals surface area (Å²) in [7, 11) is 1.65. The number of nitrogens with one attached hydrogen (secondary N) is 1. The molecule has 1 N–H and O–H groups in total. The molecule has 0 fully saturated rings. The van der Waals surface area contributed by atoms with Gasteiger partial charge in [0.15, 0.2) is 5.82 Å². The summed E-state index contributed by atoms with van der Waals surface area (Å²) in [6, 6.07) is 17.5. The minimum absolute atomic E-state index is 0.0875. The fourth-order valence-electron chi connectivity index (χ4n) is 3.02. The summed E-state index contributed by atoms with van der Waals surface area (Å²) in [5.41, 5.74) is 2.53. The summed E-state index contributed by atoms with van der Waals surface area (Å²) in [6.07, 6.45) is 0.0875. The van der Waals surface area contributed by atoms with Gasteiger partial charge < -0.3 is 10.1 Å². The molecule has 0 saturated heterocycles. The molecule has 0 unspecified atom stereocenters. The van der Waals surface area contributed by atoms with E-state index in [2.05, 4.69) is 20.4 Å². The van der Waals surface area contributed by atoms with Gasteiger partial charge in [-0.05, 0) is 68.4 Å². The third kappa shape index (κ3) is 4.60. The largest absolute Gasteiger partial charge is 0.497 e. The lowest BCUT2D eigenvalue weighted by Gasteiger charge is -2.06. The van der Waals surface area contributed by atoms with Crippen LogP contribution in [0, 0.1) is 13.8 Å². The van der Waals surface area contributed by atoms with E-state index in [0.717, 1.165) is 32.6 Å². The Kier molecular flexibility index (Phi) is 5.67. The predicted molar refractivity (Wildman–Crippen MR) is 116 cm³/mol. The SMILES string of the molecule is COc1ccc(Sc2ccc(NC(=O)Cc3nc4nc(C)cc(C)n4n3)cc2)cc1. The number of ether oxygens (including phenoxy) is 1. The Balaban J connectivity index is 1.38. The number of benzene rings is 2. The molecular formula is C22H21N5O2S. The fourth-order valence-corrected chi connectivity index (χ4v) is 3.83. The summed E-state index contributed by atoms with van der Waals surface area (Å²) >= 11 is 1.64. The second kappa shape index (κ2) is 8.54. The number of carbonyl (C=O) groups is 1. The van der Waals surface area contributed by atoms with Crippen molar-refractivity contribution in [3.05, 3.63) is 71.8 Å². The normalized spacial score (nSPS) is 10.9. The number of aromatic nitrogens is 4. The average Bonchev–Trinajstić information content (AvgIpc) is 3.12. The molecule has 0 saturated carbocycles. The lowest BCUT2D eigenvalue weighted by atomic mass is 10.3. The number of aryl methyl sites for hydroxylation is 2. The van der Waals surface area contributed by atoms with Crippen molar-refractivity contribution in [1.82, 2.24) is 19.6 Å². The quantitative estimate of drug-likeness (QED) is 0.507. The molecule has 0 atom stereocenters. The minimum Gasteiger partial charge on any atom is -0.497 e. The molecule has 152 valence electrons. The van der Waals surface area contributed by atoms with Gasteiger partial charge in [-0.1, -0.05) is 11.8 Å². The summed E-state index contributed by atoms with van der Waals surface area (Å²) in [4.78, 5) is 23.3. The Hall–Kier alpha value is -3.39. The molecule has 0 radical (unpaired) electrons. The molecule has 4 rings (SSSR count). The van der Waals surface area contributed by atoms with Crippen LogP contribution in [0.25, 0.3) is 5.78 Å². The number of rotatable bonds is 6. The average molecular weight is 420 g/mol. The zero-order valence-corrected chi connectivity index (χ0v) is 17.7. The lowest BCUT2D eigenvalue weighted by Crippen LogP contribution is -2.15. The van der Waals surface area contributed by atoms with Crippen LogP contribution in [0.3, 0.4) is 0 Å². The van der Waals surface area contributed by atoms with Crippen LogP contribution in [-0.4, -0.2) is 32.6 Å². The summed E-state index contributed by atoms with van der Waals surface area (Å²) in [5.74, 6) is 1.62. The van der Waals surface area contributed by atoms with Gasteiger partial charge in [0.25, 0.3) is 5.78 Å². The first-order valence-electron chi connectivity index (χ1n) is 9.42. The van der Waals surface area contributed by atoms with Crippen LogP contribution < -0.4 is 10.1 Å². The van der Waals surface area contributed by atoms with Crippen molar-refractivity contribution in [2.75, 3.05) is 12.4 Å². The van der Waals surface area contributed by atoms with Gasteiger partial charge >= 0.3 is 0 Å². The van der Waals surface area contributed by atoms with Crippen LogP contribution >= 0.6 is 11.8 Å². The topological polar surface area (TPSA) is 81.4 Å². The van der Waals surface area contributed by atoms with Crippen LogP contribution in [0.15, 0.2) is 64.4 Å². The molecular weight excluding hydrogens is 398 g/mol. The third-order valence-corrected chi connectivity index (χ3v) is 5.43. The van der Waals surface area contributed by atoms with Crippen molar-refractivity contribution < 1.29 is 9.53 Å². The molecule has 0 aliphatic heterocycles. The van der Waals surface area contributed by atoms with Crippen LogP contribution in [0.1, 0.15) is 17.2 Å². The number of amides is 1. The van der Waals surface area contributed by atoms with Gasteiger partial charge in [0.2, 0.25) is 5.91 Å². The third-order valence-electron chi connectivity index (χ3n) is 4.41. The van der Waals surface area contributed by atoms with Gasteiger partial charge in [0.1, 0.15) is 5.75 Å². The molecule has 8 heteroatoms. The van der Waals surface area contributed by atoms with Gasteiger partial charge in [-0.15, -0.1) is 5.10 Å². The van der Waals surface area contributed by atoms with E-state index in [4.69, 9.17) is 4.74 Å². The van der Waals surface area contributed by atoms with Crippen LogP contribution in [0.4, 0.5) is 5.69 Å². The Bertz CT molecular complexity index is 1190. The highest BCUT2D eigenvalue weighted by Gasteiger charge is 2.12. The highest BCUT2D eigenvalue weighted by Crippen LogP contribution is 2.29. The lowest BCUT2D eigenvalue weighted by molar-refractivity contribution is -0.115. The van der Waals surface area contributed by atoms with Gasteiger partial charge in [-0.25, -0.2) is 9.50 Å². The highest BCUT2D eigenvalue weighted by atomic mass is 32.2. The Morgan fingerprint density at radius 2 is 1.70 bits per heavy atom. The van der Waals surface area contributed by atoms with E-state index in [-0.39, 0.29) is 12.3 Å². The molecule has 0 aliphatic rings. The number of hydrogen-bond donors (Lipinski definition) is 1. The Morgan fingerprint density at radius 3 is 2.37 bits per heavy atom. The zero-order chi connectivity index (χ0) is 21.1. The summed E-state index contributed by atoms with van der Waals surface area (Å²) in [6.45, 7) is 3.84. The zero-order valence-electron chi connectivity index (χ0n) is 16.9. The van der Waals surface area contributed by atoms with Crippen molar-refractivity contribution in [3.8, 4) is 5.75 Å². The van der Waals surface area contributed by atoms with Crippen molar-refractivity contribution in [3.63, 3.8) is 0 Å². The number of anilines is 1. The monoisotopic (exact) mass is 419 g/mol. The number of nitrogens with zero attached hydrogens (tertiary/aromatic N) is 4. The van der Waals surface area contributed by atoms with Crippen LogP contribution in [0.5, 0.6) is 5.75 Å². The van der Waals surface area contributed by atoms with E-state index >= 15 is 0 Å². The van der Waals surface area contributed by atoms with Gasteiger partial charge in [-0.3, -0.25) is 4.79 Å². The molecule has 7 nitrogen and oxygen atoms in total. The fraction of sp³-hybridized carbons (Fsp3) is 0.182. The highest BCUT2D eigenvalue weighted by molar-refractivity contribution is 7.99. The predicted octanol–water partition coefficient (Wildman–Crippen LogP) is 4.08. The van der Waals surface area contributed by atoms with E-state index in [1.165, 1.54) is 0 Å². The smallest absolute Gasteiger partial charge is 0.252 e. The van der Waals surface area contributed by atoms with Crippen LogP contribution in [-0.2, 0) is 11.2 Å². The molecule has 0 bridgehead atoms. The molecule has 0 aliphatic carbocycles. The summed E-state index contributed by atoms with van der Waals surface area (Å²) < 4.78 is 6.83. The van der Waals surface area contributed by atoms with Crippen LogP contribution in [0.2, 0.25) is 0 Å².